The predicted molar refractivity (Wildman–Crippen MR) is 143 cm³/mol. The van der Waals surface area contributed by atoms with Crippen LogP contribution in [0.5, 0.6) is 11.9 Å². The van der Waals surface area contributed by atoms with Crippen LogP contribution in [0.4, 0.5) is 15.8 Å². The van der Waals surface area contributed by atoms with Gasteiger partial charge < -0.3 is 19.4 Å². The zero-order chi connectivity index (χ0) is 27.1. The van der Waals surface area contributed by atoms with E-state index in [1.165, 1.54) is 25.2 Å². The minimum Gasteiger partial charge on any atom is -0.480 e. The molecule has 1 aliphatic rings. The van der Waals surface area contributed by atoms with Gasteiger partial charge in [0.05, 0.1) is 36.2 Å². The van der Waals surface area contributed by atoms with Crippen molar-refractivity contribution in [3.8, 4) is 23.3 Å². The summed E-state index contributed by atoms with van der Waals surface area (Å²) in [6.45, 7) is 3.97. The first-order valence-electron chi connectivity index (χ1n) is 11.9. The molecule has 0 saturated carbocycles. The number of benzene rings is 2. The molecule has 4 aromatic rings. The maximum atomic E-state index is 15.3. The van der Waals surface area contributed by atoms with Gasteiger partial charge in [0.15, 0.2) is 11.5 Å². The van der Waals surface area contributed by atoms with Crippen molar-refractivity contribution in [2.75, 3.05) is 31.5 Å². The van der Waals surface area contributed by atoms with Crippen molar-refractivity contribution in [2.24, 2.45) is 0 Å². The van der Waals surface area contributed by atoms with Crippen LogP contribution in [0.3, 0.4) is 0 Å². The number of nitrogens with zero attached hydrogens (tertiary/aromatic N) is 5. The number of carbonyl (C=O) groups is 1. The number of carbonyl (C=O) groups excluding carboxylic acids is 1. The van der Waals surface area contributed by atoms with Gasteiger partial charge in [-0.3, -0.25) is 9.69 Å². The Labute approximate surface area is 224 Å². The van der Waals surface area contributed by atoms with Crippen molar-refractivity contribution >= 4 is 28.9 Å². The Kier molecular flexibility index (Phi) is 6.66. The van der Waals surface area contributed by atoms with Gasteiger partial charge in [-0.05, 0) is 43.7 Å². The Bertz CT molecular complexity index is 1520. The molecule has 196 valence electrons. The molecule has 3 heterocycles. The standard InChI is InChI=1S/C27H26ClFN6O3/c1-14(2)34-23-21(32-24(34)17-13-31-27(38-5)33-25(17)37-4)26(36)35(19-8-6-7-18(28)20(19)29)22(23)15-9-11-16(30-3)12-10-15/h6-14,22,30H,1-5H3/t22-/m1/s1. The highest BCUT2D eigenvalue weighted by Crippen LogP contribution is 2.46. The lowest BCUT2D eigenvalue weighted by atomic mass is 10.0. The van der Waals surface area contributed by atoms with E-state index in [1.807, 2.05) is 49.7 Å². The van der Waals surface area contributed by atoms with Crippen LogP contribution in [0.2, 0.25) is 5.02 Å². The van der Waals surface area contributed by atoms with Crippen molar-refractivity contribution in [1.29, 1.82) is 0 Å². The monoisotopic (exact) mass is 536 g/mol. The molecular formula is C27H26ClFN6O3. The predicted octanol–water partition coefficient (Wildman–Crippen LogP) is 5.52. The van der Waals surface area contributed by atoms with Gasteiger partial charge >= 0.3 is 6.01 Å². The highest BCUT2D eigenvalue weighted by atomic mass is 35.5. The van der Waals surface area contributed by atoms with Crippen molar-refractivity contribution in [1.82, 2.24) is 19.5 Å². The van der Waals surface area contributed by atoms with Crippen molar-refractivity contribution in [3.05, 3.63) is 76.5 Å². The van der Waals surface area contributed by atoms with Crippen LogP contribution < -0.4 is 19.7 Å². The van der Waals surface area contributed by atoms with Crippen LogP contribution in [-0.2, 0) is 0 Å². The molecule has 0 saturated heterocycles. The Hall–Kier alpha value is -4.18. The fourth-order valence-electron chi connectivity index (χ4n) is 4.75. The molecule has 5 rings (SSSR count). The molecule has 0 bridgehead atoms. The van der Waals surface area contributed by atoms with Gasteiger partial charge in [-0.2, -0.15) is 4.98 Å². The summed E-state index contributed by atoms with van der Waals surface area (Å²) < 4.78 is 27.9. The second-order valence-corrected chi connectivity index (χ2v) is 9.34. The third kappa shape index (κ3) is 4.01. The van der Waals surface area contributed by atoms with Crippen molar-refractivity contribution < 1.29 is 18.7 Å². The fourth-order valence-corrected chi connectivity index (χ4v) is 4.92. The van der Waals surface area contributed by atoms with Gasteiger partial charge in [0.1, 0.15) is 11.9 Å². The van der Waals surface area contributed by atoms with Crippen LogP contribution in [0.25, 0.3) is 11.4 Å². The maximum Gasteiger partial charge on any atom is 0.319 e. The number of amides is 1. The summed E-state index contributed by atoms with van der Waals surface area (Å²) in [5, 5.41) is 3.02. The average molecular weight is 537 g/mol. The van der Waals surface area contributed by atoms with E-state index in [-0.39, 0.29) is 34.3 Å². The summed E-state index contributed by atoms with van der Waals surface area (Å²) in [5.41, 5.74) is 3.07. The van der Waals surface area contributed by atoms with Gasteiger partial charge in [-0.25, -0.2) is 14.4 Å². The summed E-state index contributed by atoms with van der Waals surface area (Å²) in [7, 11) is 4.77. The number of imidazole rings is 1. The summed E-state index contributed by atoms with van der Waals surface area (Å²) in [4.78, 5) is 28.7. The van der Waals surface area contributed by atoms with Crippen LogP contribution in [-0.4, -0.2) is 46.7 Å². The minimum absolute atomic E-state index is 0.0725. The molecule has 38 heavy (non-hydrogen) atoms. The first kappa shape index (κ1) is 25.5. The molecule has 1 N–H and O–H groups in total. The van der Waals surface area contributed by atoms with Crippen molar-refractivity contribution in [2.45, 2.75) is 25.9 Å². The molecule has 2 aromatic carbocycles. The van der Waals surface area contributed by atoms with Gasteiger partial charge in [-0.1, -0.05) is 29.8 Å². The molecule has 1 aliphatic heterocycles. The van der Waals surface area contributed by atoms with E-state index >= 15 is 4.39 Å². The second-order valence-electron chi connectivity index (χ2n) is 8.94. The topological polar surface area (TPSA) is 94.4 Å². The van der Waals surface area contributed by atoms with Crippen LogP contribution in [0.1, 0.15) is 47.7 Å². The molecule has 1 amide bonds. The third-order valence-corrected chi connectivity index (χ3v) is 6.75. The summed E-state index contributed by atoms with van der Waals surface area (Å²) in [6.07, 6.45) is 1.55. The second kappa shape index (κ2) is 9.94. The first-order chi connectivity index (χ1) is 18.3. The van der Waals surface area contributed by atoms with Gasteiger partial charge in [0.25, 0.3) is 5.91 Å². The molecule has 0 radical (unpaired) electrons. The number of anilines is 2. The molecule has 9 nitrogen and oxygen atoms in total. The lowest BCUT2D eigenvalue weighted by molar-refractivity contribution is 0.0988. The Balaban J connectivity index is 1.78. The number of methoxy groups -OCH3 is 2. The van der Waals surface area contributed by atoms with Crippen LogP contribution in [0.15, 0.2) is 48.7 Å². The van der Waals surface area contributed by atoms with E-state index in [1.54, 1.807) is 18.3 Å². The Morgan fingerprint density at radius 2 is 1.82 bits per heavy atom. The number of fused-ring (bicyclic) bond motifs is 1. The number of halogens is 2. The number of rotatable bonds is 7. The molecule has 0 aliphatic carbocycles. The molecule has 0 unspecified atom stereocenters. The van der Waals surface area contributed by atoms with Crippen molar-refractivity contribution in [3.63, 3.8) is 0 Å². The Morgan fingerprint density at radius 3 is 2.45 bits per heavy atom. The van der Waals surface area contributed by atoms with Gasteiger partial charge in [-0.15, -0.1) is 0 Å². The summed E-state index contributed by atoms with van der Waals surface area (Å²) in [6, 6.07) is 11.6. The number of nitrogens with one attached hydrogen (secondary N) is 1. The quantitative estimate of drug-likeness (QED) is 0.332. The molecule has 1 atom stereocenters. The number of hydrogen-bond acceptors (Lipinski definition) is 7. The SMILES string of the molecule is CNc1ccc([C@@H]2c3c(nc(-c4cnc(OC)nc4OC)n3C(C)C)C(=O)N2c2cccc(Cl)c2F)cc1. The Morgan fingerprint density at radius 1 is 1.08 bits per heavy atom. The van der Waals surface area contributed by atoms with Gasteiger partial charge in [0.2, 0.25) is 5.88 Å². The minimum atomic E-state index is -0.676. The highest BCUT2D eigenvalue weighted by Gasteiger charge is 2.46. The fraction of sp³-hybridized carbons (Fsp3) is 0.259. The number of aromatic nitrogens is 4. The van der Waals surface area contributed by atoms with E-state index in [9.17, 15) is 4.79 Å². The van der Waals surface area contributed by atoms with Gasteiger partial charge in [0, 0.05) is 25.0 Å². The third-order valence-electron chi connectivity index (χ3n) is 6.46. The molecule has 11 heteroatoms. The number of hydrogen-bond donors (Lipinski definition) is 1. The highest BCUT2D eigenvalue weighted by molar-refractivity contribution is 6.31. The zero-order valence-corrected chi connectivity index (χ0v) is 22.2. The molecular weight excluding hydrogens is 511 g/mol. The zero-order valence-electron chi connectivity index (χ0n) is 21.5. The molecule has 0 fully saturated rings. The van der Waals surface area contributed by atoms with E-state index in [2.05, 4.69) is 15.3 Å². The lowest BCUT2D eigenvalue weighted by Gasteiger charge is -2.29. The van der Waals surface area contributed by atoms with Crippen LogP contribution >= 0.6 is 11.6 Å². The maximum absolute atomic E-state index is 15.3. The largest absolute Gasteiger partial charge is 0.480 e. The molecule has 2 aromatic heterocycles. The van der Waals surface area contributed by atoms with E-state index < -0.39 is 17.8 Å². The summed E-state index contributed by atoms with van der Waals surface area (Å²) >= 11 is 6.12. The number of ether oxygens (including phenoxy) is 2. The first-order valence-corrected chi connectivity index (χ1v) is 12.3. The normalized spacial score (nSPS) is 14.7. The van der Waals surface area contributed by atoms with E-state index in [0.29, 0.717) is 17.1 Å². The van der Waals surface area contributed by atoms with E-state index in [4.69, 9.17) is 26.1 Å². The average Bonchev–Trinajstić information content (AvgIpc) is 3.45. The molecule has 0 spiro atoms. The smallest absolute Gasteiger partial charge is 0.319 e. The van der Waals surface area contributed by atoms with Crippen LogP contribution in [0, 0.1) is 5.82 Å². The van der Waals surface area contributed by atoms with E-state index in [0.717, 1.165) is 11.3 Å². The lowest BCUT2D eigenvalue weighted by Crippen LogP contribution is -2.31. The summed E-state index contributed by atoms with van der Waals surface area (Å²) in [5.74, 6) is -0.410.